The number of aliphatic carboxylic acids is 1. The maximum absolute atomic E-state index is 13.0. The van der Waals surface area contributed by atoms with Gasteiger partial charge in [0, 0.05) is 18.6 Å². The summed E-state index contributed by atoms with van der Waals surface area (Å²) in [4.78, 5) is 21.2. The quantitative estimate of drug-likeness (QED) is 0.398. The van der Waals surface area contributed by atoms with Gasteiger partial charge in [-0.1, -0.05) is 35.9 Å². The number of amides is 1. The fourth-order valence-corrected chi connectivity index (χ4v) is 3.50. The van der Waals surface area contributed by atoms with E-state index in [-0.39, 0.29) is 0 Å². The van der Waals surface area contributed by atoms with Crippen molar-refractivity contribution in [1.82, 2.24) is 5.32 Å². The summed E-state index contributed by atoms with van der Waals surface area (Å²) in [7, 11) is 3.39. The van der Waals surface area contributed by atoms with Crippen molar-refractivity contribution in [2.45, 2.75) is 26.9 Å². The number of carboxylic acids is 1. The van der Waals surface area contributed by atoms with Gasteiger partial charge in [-0.15, -0.1) is 0 Å². The molecular weight excluding hydrogens is 484 g/mol. The molecule has 0 radical (unpaired) electrons. The van der Waals surface area contributed by atoms with Crippen LogP contribution < -0.4 is 14.8 Å². The monoisotopic (exact) mass is 515 g/mol. The van der Waals surface area contributed by atoms with E-state index in [2.05, 4.69) is 31.2 Å². The summed E-state index contributed by atoms with van der Waals surface area (Å²) in [6.45, 7) is 4.65. The molecule has 0 bridgehead atoms. The van der Waals surface area contributed by atoms with E-state index in [9.17, 15) is 18.4 Å². The maximum atomic E-state index is 13.0. The highest BCUT2D eigenvalue weighted by Gasteiger charge is 2.17. The number of nitrogens with one attached hydrogen (secondary N) is 1. The van der Waals surface area contributed by atoms with E-state index in [1.807, 2.05) is 24.4 Å². The van der Waals surface area contributed by atoms with Crippen LogP contribution in [0.25, 0.3) is 0 Å². The molecule has 0 spiro atoms. The van der Waals surface area contributed by atoms with Crippen molar-refractivity contribution < 1.29 is 37.7 Å². The second-order valence-corrected chi connectivity index (χ2v) is 7.95. The highest BCUT2D eigenvalue weighted by atomic mass is 19.1. The van der Waals surface area contributed by atoms with Crippen LogP contribution in [0.15, 0.2) is 54.6 Å². The van der Waals surface area contributed by atoms with Gasteiger partial charge in [0.2, 0.25) is 0 Å². The number of rotatable bonds is 10. The average Bonchev–Trinajstić information content (AvgIpc) is 2.87. The lowest BCUT2D eigenvalue weighted by atomic mass is 10.00. The van der Waals surface area contributed by atoms with Crippen molar-refractivity contribution in [3.05, 3.63) is 94.0 Å². The molecule has 0 saturated carbocycles. The fraction of sp³-hybridized carbons (Fsp3) is 0.286. The van der Waals surface area contributed by atoms with Crippen LogP contribution in [0.4, 0.5) is 8.78 Å². The Balaban J connectivity index is 0.000000281. The lowest BCUT2D eigenvalue weighted by Crippen LogP contribution is -2.30. The maximum Gasteiger partial charge on any atom is 0.322 e. The Hall–Kier alpha value is -3.98. The first-order valence-corrected chi connectivity index (χ1v) is 11.5. The second kappa shape index (κ2) is 14.5. The Bertz CT molecular complexity index is 1170. The predicted octanol–water partition coefficient (Wildman–Crippen LogP) is 4.92. The largest absolute Gasteiger partial charge is 0.496 e. The van der Waals surface area contributed by atoms with E-state index in [1.165, 1.54) is 11.1 Å². The summed E-state index contributed by atoms with van der Waals surface area (Å²) >= 11 is 0. The smallest absolute Gasteiger partial charge is 0.322 e. The molecule has 1 amide bonds. The zero-order valence-electron chi connectivity index (χ0n) is 21.3. The number of ether oxygens (including phenoxy) is 3. The number of hydrogen-bond acceptors (Lipinski definition) is 5. The van der Waals surface area contributed by atoms with E-state index in [0.29, 0.717) is 13.2 Å². The molecule has 0 fully saturated rings. The van der Waals surface area contributed by atoms with E-state index in [0.717, 1.165) is 47.2 Å². The molecule has 3 aromatic rings. The summed E-state index contributed by atoms with van der Waals surface area (Å²) < 4.78 is 42.6. The minimum Gasteiger partial charge on any atom is -0.496 e. The lowest BCUT2D eigenvalue weighted by molar-refractivity contribution is -0.135. The highest BCUT2D eigenvalue weighted by Crippen LogP contribution is 2.33. The highest BCUT2D eigenvalue weighted by molar-refractivity contribution is 5.96. The predicted molar refractivity (Wildman–Crippen MR) is 135 cm³/mol. The molecule has 0 aliphatic rings. The van der Waals surface area contributed by atoms with E-state index in [1.54, 1.807) is 14.2 Å². The third-order valence-corrected chi connectivity index (χ3v) is 5.19. The van der Waals surface area contributed by atoms with Crippen molar-refractivity contribution in [2.24, 2.45) is 0 Å². The van der Waals surface area contributed by atoms with Crippen molar-refractivity contribution in [3.63, 3.8) is 0 Å². The molecule has 198 valence electrons. The molecule has 0 aliphatic heterocycles. The third-order valence-electron chi connectivity index (χ3n) is 5.19. The van der Waals surface area contributed by atoms with Gasteiger partial charge >= 0.3 is 5.97 Å². The van der Waals surface area contributed by atoms with Crippen LogP contribution >= 0.6 is 0 Å². The van der Waals surface area contributed by atoms with Gasteiger partial charge < -0.3 is 24.6 Å². The molecule has 0 heterocycles. The number of benzene rings is 3. The summed E-state index contributed by atoms with van der Waals surface area (Å²) in [6, 6.07) is 15.5. The molecule has 0 aliphatic carbocycles. The number of hydrogen-bond donors (Lipinski definition) is 2. The Labute approximate surface area is 215 Å². The number of carbonyl (C=O) groups excluding carboxylic acids is 1. The van der Waals surface area contributed by atoms with Gasteiger partial charge in [0.1, 0.15) is 35.2 Å². The van der Waals surface area contributed by atoms with Crippen LogP contribution in [0.1, 0.15) is 39.5 Å². The Morgan fingerprint density at radius 3 is 2.03 bits per heavy atom. The molecule has 3 rings (SSSR count). The van der Waals surface area contributed by atoms with Crippen molar-refractivity contribution in [1.29, 1.82) is 0 Å². The zero-order valence-corrected chi connectivity index (χ0v) is 21.3. The van der Waals surface area contributed by atoms with Crippen LogP contribution in [0.2, 0.25) is 0 Å². The number of carboxylic acid groups (broad SMARTS) is 1. The number of aryl methyl sites for hydroxylation is 1. The third kappa shape index (κ3) is 8.88. The van der Waals surface area contributed by atoms with Gasteiger partial charge in [0.05, 0.1) is 20.8 Å². The standard InChI is InChI=1S/C19H24O3.C9H7F2NO3/c1-5-22-13-16-11-18(20-3)17(19(12-16)21-4)10-15-8-6-7-14(2)9-15;10-5-2-1-3-6(11)8(5)9(15)12-4-7(13)14/h6-9,11-12H,5,10,13H2,1-4H3;1-3H,4H2,(H,12,15)(H,13,14). The molecule has 2 N–H and O–H groups in total. The van der Waals surface area contributed by atoms with Crippen LogP contribution in [0, 0.1) is 18.6 Å². The number of halogens is 2. The first-order chi connectivity index (χ1) is 17.7. The molecule has 37 heavy (non-hydrogen) atoms. The average molecular weight is 516 g/mol. The Morgan fingerprint density at radius 2 is 1.51 bits per heavy atom. The summed E-state index contributed by atoms with van der Waals surface area (Å²) in [5, 5.41) is 10.1. The minimum atomic E-state index is -1.29. The fourth-order valence-electron chi connectivity index (χ4n) is 3.50. The van der Waals surface area contributed by atoms with Crippen LogP contribution in [-0.2, 0) is 22.6 Å². The molecule has 9 heteroatoms. The summed E-state index contributed by atoms with van der Waals surface area (Å²) in [6.07, 6.45) is 0.781. The van der Waals surface area contributed by atoms with Gasteiger partial charge in [0.25, 0.3) is 5.91 Å². The normalized spacial score (nSPS) is 10.2. The van der Waals surface area contributed by atoms with Gasteiger partial charge in [-0.2, -0.15) is 0 Å². The Kier molecular flexibility index (Phi) is 11.5. The van der Waals surface area contributed by atoms with E-state index in [4.69, 9.17) is 19.3 Å². The van der Waals surface area contributed by atoms with E-state index >= 15 is 0 Å². The van der Waals surface area contributed by atoms with Crippen molar-refractivity contribution in [2.75, 3.05) is 27.4 Å². The summed E-state index contributed by atoms with van der Waals surface area (Å²) in [5.41, 5.74) is 3.84. The van der Waals surface area contributed by atoms with Crippen LogP contribution in [-0.4, -0.2) is 44.4 Å². The van der Waals surface area contributed by atoms with Gasteiger partial charge in [-0.05, 0) is 49.2 Å². The molecule has 3 aromatic carbocycles. The topological polar surface area (TPSA) is 94.1 Å². The molecule has 0 unspecified atom stereocenters. The molecular formula is C28H31F2NO6. The first kappa shape index (κ1) is 29.3. The number of methoxy groups -OCH3 is 2. The summed E-state index contributed by atoms with van der Waals surface area (Å²) in [5.74, 6) is -2.75. The van der Waals surface area contributed by atoms with Gasteiger partial charge in [-0.3, -0.25) is 9.59 Å². The SMILES string of the molecule is CCOCc1cc(OC)c(Cc2cccc(C)c2)c(OC)c1.O=C(O)CNC(=O)c1c(F)cccc1F. The molecule has 7 nitrogen and oxygen atoms in total. The zero-order chi connectivity index (χ0) is 27.4. The van der Waals surface area contributed by atoms with Gasteiger partial charge in [-0.25, -0.2) is 8.78 Å². The Morgan fingerprint density at radius 1 is 0.919 bits per heavy atom. The molecule has 0 atom stereocenters. The van der Waals surface area contributed by atoms with Gasteiger partial charge in [0.15, 0.2) is 0 Å². The lowest BCUT2D eigenvalue weighted by Gasteiger charge is -2.16. The minimum absolute atomic E-state index is 0.563. The van der Waals surface area contributed by atoms with Crippen LogP contribution in [0.5, 0.6) is 11.5 Å². The van der Waals surface area contributed by atoms with Crippen molar-refractivity contribution >= 4 is 11.9 Å². The molecule has 0 aromatic heterocycles. The number of carbonyl (C=O) groups is 2. The molecule has 0 saturated heterocycles. The first-order valence-electron chi connectivity index (χ1n) is 11.5. The van der Waals surface area contributed by atoms with Crippen LogP contribution in [0.3, 0.4) is 0 Å². The van der Waals surface area contributed by atoms with Crippen molar-refractivity contribution in [3.8, 4) is 11.5 Å². The second-order valence-electron chi connectivity index (χ2n) is 7.95. The van der Waals surface area contributed by atoms with E-state index < -0.39 is 35.6 Å².